The summed E-state index contributed by atoms with van der Waals surface area (Å²) in [5.74, 6) is 2.20. The van der Waals surface area contributed by atoms with Gasteiger partial charge in [0.05, 0.1) is 5.69 Å². The molecule has 1 aromatic carbocycles. The SMILES string of the molecule is Cc1nccc(-c2ccc(OCC(C)(N)CC(C)C)c(C)c2)n1. The van der Waals surface area contributed by atoms with E-state index in [1.54, 1.807) is 6.20 Å². The van der Waals surface area contributed by atoms with Crippen LogP contribution in [0.5, 0.6) is 5.75 Å². The maximum absolute atomic E-state index is 6.31. The van der Waals surface area contributed by atoms with Gasteiger partial charge in [-0.2, -0.15) is 0 Å². The van der Waals surface area contributed by atoms with E-state index >= 15 is 0 Å². The second-order valence-corrected chi connectivity index (χ2v) is 7.01. The quantitative estimate of drug-likeness (QED) is 0.878. The Labute approximate surface area is 139 Å². The monoisotopic (exact) mass is 313 g/mol. The molecule has 2 rings (SSSR count). The predicted molar refractivity (Wildman–Crippen MR) is 94.5 cm³/mol. The average Bonchev–Trinajstić information content (AvgIpc) is 2.44. The molecule has 0 bridgehead atoms. The highest BCUT2D eigenvalue weighted by molar-refractivity contribution is 5.61. The lowest BCUT2D eigenvalue weighted by Crippen LogP contribution is -2.43. The maximum atomic E-state index is 6.31. The Bertz CT molecular complexity index is 665. The Hall–Kier alpha value is -1.94. The number of hydrogen-bond acceptors (Lipinski definition) is 4. The molecule has 1 aromatic heterocycles. The molecule has 0 fully saturated rings. The molecule has 0 radical (unpaired) electrons. The summed E-state index contributed by atoms with van der Waals surface area (Å²) >= 11 is 0. The average molecular weight is 313 g/mol. The molecule has 23 heavy (non-hydrogen) atoms. The zero-order valence-corrected chi connectivity index (χ0v) is 14.8. The third-order valence-corrected chi connectivity index (χ3v) is 3.68. The van der Waals surface area contributed by atoms with Crippen molar-refractivity contribution in [2.75, 3.05) is 6.61 Å². The zero-order chi connectivity index (χ0) is 17.0. The molecule has 0 saturated carbocycles. The lowest BCUT2D eigenvalue weighted by Gasteiger charge is -2.27. The highest BCUT2D eigenvalue weighted by Gasteiger charge is 2.21. The molecule has 0 saturated heterocycles. The van der Waals surface area contributed by atoms with Crippen molar-refractivity contribution in [3.05, 3.63) is 41.9 Å². The van der Waals surface area contributed by atoms with Crippen molar-refractivity contribution in [3.8, 4) is 17.0 Å². The Kier molecular flexibility index (Phi) is 5.37. The first kappa shape index (κ1) is 17.4. The first-order valence-corrected chi connectivity index (χ1v) is 8.09. The summed E-state index contributed by atoms with van der Waals surface area (Å²) in [6.07, 6.45) is 2.72. The summed E-state index contributed by atoms with van der Waals surface area (Å²) in [4.78, 5) is 8.60. The van der Waals surface area contributed by atoms with Crippen LogP contribution in [0.3, 0.4) is 0 Å². The van der Waals surface area contributed by atoms with Gasteiger partial charge in [-0.15, -0.1) is 0 Å². The van der Waals surface area contributed by atoms with Crippen LogP contribution in [0.2, 0.25) is 0 Å². The van der Waals surface area contributed by atoms with Crippen molar-refractivity contribution in [2.45, 2.75) is 46.6 Å². The van der Waals surface area contributed by atoms with Crippen LogP contribution in [-0.2, 0) is 0 Å². The van der Waals surface area contributed by atoms with Gasteiger partial charge in [0.2, 0.25) is 0 Å². The van der Waals surface area contributed by atoms with E-state index in [4.69, 9.17) is 10.5 Å². The van der Waals surface area contributed by atoms with Crippen LogP contribution in [0.25, 0.3) is 11.3 Å². The number of benzene rings is 1. The van der Waals surface area contributed by atoms with Crippen LogP contribution in [0, 0.1) is 19.8 Å². The van der Waals surface area contributed by atoms with Gasteiger partial charge in [-0.1, -0.05) is 13.8 Å². The first-order chi connectivity index (χ1) is 10.8. The van der Waals surface area contributed by atoms with Gasteiger partial charge < -0.3 is 10.5 Å². The molecule has 1 atom stereocenters. The Balaban J connectivity index is 2.11. The van der Waals surface area contributed by atoms with Crippen molar-refractivity contribution < 1.29 is 4.74 Å². The summed E-state index contributed by atoms with van der Waals surface area (Å²) < 4.78 is 5.96. The van der Waals surface area contributed by atoms with Gasteiger partial charge in [-0.25, -0.2) is 9.97 Å². The molecule has 0 spiro atoms. The van der Waals surface area contributed by atoms with Crippen molar-refractivity contribution in [2.24, 2.45) is 11.7 Å². The summed E-state index contributed by atoms with van der Waals surface area (Å²) in [5.41, 5.74) is 9.07. The third kappa shape index (κ3) is 5.03. The fourth-order valence-corrected chi connectivity index (χ4v) is 2.82. The standard InChI is InChI=1S/C19H27N3O/c1-13(2)11-19(5,20)12-23-18-7-6-16(10-14(18)3)17-8-9-21-15(4)22-17/h6-10,13H,11-12,20H2,1-5H3. The van der Waals surface area contributed by atoms with E-state index < -0.39 is 0 Å². The normalized spacial score (nSPS) is 13.9. The summed E-state index contributed by atoms with van der Waals surface area (Å²) in [7, 11) is 0. The van der Waals surface area contributed by atoms with E-state index in [-0.39, 0.29) is 5.54 Å². The number of aromatic nitrogens is 2. The molecule has 4 nitrogen and oxygen atoms in total. The highest BCUT2D eigenvalue weighted by Crippen LogP contribution is 2.26. The molecule has 0 amide bonds. The van der Waals surface area contributed by atoms with E-state index in [0.717, 1.165) is 34.8 Å². The number of rotatable bonds is 6. The molecule has 4 heteroatoms. The fraction of sp³-hybridized carbons (Fsp3) is 0.474. The number of nitrogens with zero attached hydrogens (tertiary/aromatic N) is 2. The molecule has 0 aliphatic rings. The number of nitrogens with two attached hydrogens (primary N) is 1. The maximum Gasteiger partial charge on any atom is 0.125 e. The van der Waals surface area contributed by atoms with Gasteiger partial charge >= 0.3 is 0 Å². The summed E-state index contributed by atoms with van der Waals surface area (Å²) in [6, 6.07) is 8.03. The smallest absolute Gasteiger partial charge is 0.125 e. The molecule has 2 aromatic rings. The fourth-order valence-electron chi connectivity index (χ4n) is 2.82. The van der Waals surface area contributed by atoms with Crippen molar-refractivity contribution in [3.63, 3.8) is 0 Å². The molecular formula is C19H27N3O. The largest absolute Gasteiger partial charge is 0.491 e. The van der Waals surface area contributed by atoms with Gasteiger partial charge in [0.1, 0.15) is 18.2 Å². The second-order valence-electron chi connectivity index (χ2n) is 7.01. The molecule has 0 aliphatic heterocycles. The van der Waals surface area contributed by atoms with Crippen LogP contribution in [0.1, 0.15) is 38.6 Å². The minimum absolute atomic E-state index is 0.316. The topological polar surface area (TPSA) is 61.0 Å². The van der Waals surface area contributed by atoms with Crippen LogP contribution in [-0.4, -0.2) is 22.1 Å². The Morgan fingerprint density at radius 2 is 1.96 bits per heavy atom. The lowest BCUT2D eigenvalue weighted by molar-refractivity contribution is 0.206. The van der Waals surface area contributed by atoms with Gasteiger partial charge in [-0.05, 0) is 62.9 Å². The summed E-state index contributed by atoms with van der Waals surface area (Å²) in [6.45, 7) is 10.8. The van der Waals surface area contributed by atoms with Crippen LogP contribution in [0.4, 0.5) is 0 Å². The summed E-state index contributed by atoms with van der Waals surface area (Å²) in [5, 5.41) is 0. The minimum atomic E-state index is -0.316. The molecule has 2 N–H and O–H groups in total. The third-order valence-electron chi connectivity index (χ3n) is 3.68. The highest BCUT2D eigenvalue weighted by atomic mass is 16.5. The van der Waals surface area contributed by atoms with Gasteiger partial charge in [-0.3, -0.25) is 0 Å². The van der Waals surface area contributed by atoms with E-state index in [2.05, 4.69) is 29.9 Å². The van der Waals surface area contributed by atoms with Crippen LogP contribution >= 0.6 is 0 Å². The predicted octanol–water partition coefficient (Wildman–Crippen LogP) is 3.90. The Morgan fingerprint density at radius 1 is 1.22 bits per heavy atom. The van der Waals surface area contributed by atoms with E-state index in [1.807, 2.05) is 39.0 Å². The lowest BCUT2D eigenvalue weighted by atomic mass is 9.93. The van der Waals surface area contributed by atoms with E-state index in [1.165, 1.54) is 0 Å². The minimum Gasteiger partial charge on any atom is -0.491 e. The van der Waals surface area contributed by atoms with Gasteiger partial charge in [0, 0.05) is 17.3 Å². The van der Waals surface area contributed by atoms with Crippen molar-refractivity contribution in [1.82, 2.24) is 9.97 Å². The Morgan fingerprint density at radius 3 is 2.57 bits per heavy atom. The second kappa shape index (κ2) is 7.09. The van der Waals surface area contributed by atoms with Crippen LogP contribution < -0.4 is 10.5 Å². The number of aryl methyl sites for hydroxylation is 2. The molecule has 0 aliphatic carbocycles. The number of hydrogen-bond donors (Lipinski definition) is 1. The first-order valence-electron chi connectivity index (χ1n) is 8.09. The molecule has 124 valence electrons. The molecular weight excluding hydrogens is 286 g/mol. The van der Waals surface area contributed by atoms with Gasteiger partial charge in [0.15, 0.2) is 0 Å². The van der Waals surface area contributed by atoms with E-state index in [9.17, 15) is 0 Å². The van der Waals surface area contributed by atoms with Crippen molar-refractivity contribution in [1.29, 1.82) is 0 Å². The molecule has 1 unspecified atom stereocenters. The van der Waals surface area contributed by atoms with E-state index in [0.29, 0.717) is 12.5 Å². The van der Waals surface area contributed by atoms with Gasteiger partial charge in [0.25, 0.3) is 0 Å². The zero-order valence-electron chi connectivity index (χ0n) is 14.8. The van der Waals surface area contributed by atoms with Crippen molar-refractivity contribution >= 4 is 0 Å². The number of ether oxygens (including phenoxy) is 1. The molecule has 1 heterocycles. The van der Waals surface area contributed by atoms with Crippen LogP contribution in [0.15, 0.2) is 30.5 Å².